The van der Waals surface area contributed by atoms with Crippen molar-refractivity contribution in [2.24, 2.45) is 0 Å². The molecule has 2 aromatic heterocycles. The first-order valence-electron chi connectivity index (χ1n) is 12.9. The van der Waals surface area contributed by atoms with E-state index in [1.165, 1.54) is 7.11 Å². The number of ether oxygens (including phenoxy) is 1. The summed E-state index contributed by atoms with van der Waals surface area (Å²) in [4.78, 5) is 19.6. The number of benzene rings is 2. The van der Waals surface area contributed by atoms with Gasteiger partial charge in [-0.25, -0.2) is 9.78 Å². The number of imidazole rings is 1. The fraction of sp³-hybridized carbons (Fsp3) is 0.393. The smallest absolute Gasteiger partial charge is 0.335 e. The van der Waals surface area contributed by atoms with E-state index in [0.717, 1.165) is 40.9 Å². The first kappa shape index (κ1) is 28.4. The zero-order valence-corrected chi connectivity index (χ0v) is 23.6. The SMILES string of the molecule is CCCCc1nc(Cl)c(C(C(=O)OC)([C@H](C)O)N(C)C)n1Cc1ccc(-c2ccccc2-c2nn[nH]n2)cc1. The van der Waals surface area contributed by atoms with Crippen molar-refractivity contribution in [3.05, 3.63) is 70.8 Å². The van der Waals surface area contributed by atoms with E-state index in [0.29, 0.717) is 24.5 Å². The third-order valence-electron chi connectivity index (χ3n) is 7.04. The molecule has 39 heavy (non-hydrogen) atoms. The van der Waals surface area contributed by atoms with Crippen LogP contribution < -0.4 is 0 Å². The van der Waals surface area contributed by atoms with Gasteiger partial charge in [-0.15, -0.1) is 10.2 Å². The summed E-state index contributed by atoms with van der Waals surface area (Å²) >= 11 is 6.74. The molecule has 0 bridgehead atoms. The summed E-state index contributed by atoms with van der Waals surface area (Å²) in [6.45, 7) is 4.07. The lowest BCUT2D eigenvalue weighted by atomic mass is 9.87. The fourth-order valence-corrected chi connectivity index (χ4v) is 5.44. The summed E-state index contributed by atoms with van der Waals surface area (Å²) < 4.78 is 7.14. The number of aliphatic hydroxyl groups excluding tert-OH is 1. The van der Waals surface area contributed by atoms with Gasteiger partial charge in [0.25, 0.3) is 0 Å². The molecular formula is C28H34ClN7O3. The second-order valence-electron chi connectivity index (χ2n) is 9.66. The van der Waals surface area contributed by atoms with Gasteiger partial charge < -0.3 is 14.4 Å². The highest BCUT2D eigenvalue weighted by atomic mass is 35.5. The Morgan fingerprint density at radius 1 is 1.18 bits per heavy atom. The average molecular weight is 552 g/mol. The van der Waals surface area contributed by atoms with Crippen LogP contribution in [0.25, 0.3) is 22.5 Å². The van der Waals surface area contributed by atoms with Crippen LogP contribution in [0, 0.1) is 0 Å². The van der Waals surface area contributed by atoms with Gasteiger partial charge in [-0.05, 0) is 49.3 Å². The number of unbranched alkanes of at least 4 members (excludes halogenated alkanes) is 1. The molecule has 0 saturated heterocycles. The highest BCUT2D eigenvalue weighted by Crippen LogP contribution is 2.38. The lowest BCUT2D eigenvalue weighted by Gasteiger charge is -2.40. The van der Waals surface area contributed by atoms with E-state index in [9.17, 15) is 9.90 Å². The first-order valence-corrected chi connectivity index (χ1v) is 13.2. The molecule has 0 aliphatic heterocycles. The summed E-state index contributed by atoms with van der Waals surface area (Å²) in [6.07, 6.45) is 1.42. The van der Waals surface area contributed by atoms with Gasteiger partial charge in [-0.1, -0.05) is 73.5 Å². The summed E-state index contributed by atoms with van der Waals surface area (Å²) in [7, 11) is 4.75. The van der Waals surface area contributed by atoms with Gasteiger partial charge in [-0.2, -0.15) is 5.21 Å². The Labute approximate surface area is 233 Å². The number of tetrazole rings is 1. The van der Waals surface area contributed by atoms with Crippen LogP contribution in [-0.2, 0) is 28.0 Å². The molecule has 206 valence electrons. The molecule has 10 nitrogen and oxygen atoms in total. The summed E-state index contributed by atoms with van der Waals surface area (Å²) in [5, 5.41) is 25.6. The second kappa shape index (κ2) is 12.1. The molecule has 2 N–H and O–H groups in total. The number of nitrogens with zero attached hydrogens (tertiary/aromatic N) is 6. The minimum atomic E-state index is -1.55. The maximum Gasteiger partial charge on any atom is 0.335 e. The quantitative estimate of drug-likeness (QED) is 0.267. The average Bonchev–Trinajstić information content (AvgIpc) is 3.57. The van der Waals surface area contributed by atoms with Crippen LogP contribution in [0.5, 0.6) is 0 Å². The van der Waals surface area contributed by atoms with E-state index < -0.39 is 17.6 Å². The number of aliphatic hydroxyl groups is 1. The van der Waals surface area contributed by atoms with Gasteiger partial charge >= 0.3 is 5.97 Å². The van der Waals surface area contributed by atoms with Crippen LogP contribution in [-0.4, -0.2) is 73.5 Å². The molecule has 2 aromatic carbocycles. The number of halogens is 1. The van der Waals surface area contributed by atoms with Gasteiger partial charge in [0.05, 0.1) is 18.9 Å². The zero-order valence-electron chi connectivity index (χ0n) is 22.8. The van der Waals surface area contributed by atoms with E-state index in [-0.39, 0.29) is 5.15 Å². The van der Waals surface area contributed by atoms with Gasteiger partial charge in [0.2, 0.25) is 5.82 Å². The predicted octanol–water partition coefficient (Wildman–Crippen LogP) is 4.09. The maximum absolute atomic E-state index is 13.3. The van der Waals surface area contributed by atoms with Crippen LogP contribution in [0.3, 0.4) is 0 Å². The number of hydrogen-bond donors (Lipinski definition) is 2. The monoisotopic (exact) mass is 551 g/mol. The van der Waals surface area contributed by atoms with Gasteiger partial charge in [0.1, 0.15) is 5.82 Å². The van der Waals surface area contributed by atoms with Crippen molar-refractivity contribution in [1.29, 1.82) is 0 Å². The fourth-order valence-electron chi connectivity index (χ4n) is 5.09. The van der Waals surface area contributed by atoms with Gasteiger partial charge in [-0.3, -0.25) is 4.90 Å². The van der Waals surface area contributed by atoms with Gasteiger partial charge in [0, 0.05) is 18.5 Å². The van der Waals surface area contributed by atoms with Crippen molar-refractivity contribution >= 4 is 17.6 Å². The van der Waals surface area contributed by atoms with Crippen molar-refractivity contribution in [1.82, 2.24) is 35.1 Å². The van der Waals surface area contributed by atoms with E-state index in [1.807, 2.05) is 53.1 Å². The number of hydrogen-bond acceptors (Lipinski definition) is 8. The lowest BCUT2D eigenvalue weighted by molar-refractivity contribution is -0.163. The molecule has 0 fully saturated rings. The number of aromatic amines is 1. The highest BCUT2D eigenvalue weighted by Gasteiger charge is 2.52. The number of rotatable bonds is 11. The number of H-pyrrole nitrogens is 1. The second-order valence-corrected chi connectivity index (χ2v) is 10.0. The Morgan fingerprint density at radius 3 is 2.44 bits per heavy atom. The third-order valence-corrected chi connectivity index (χ3v) is 7.31. The standard InChI is InChI=1S/C28H34ClN7O3/c1-6-7-12-23-30-25(29)24(28(18(2)37,35(3)4)27(38)39-5)36(23)17-19-13-15-20(16-14-19)21-10-8-9-11-22(21)26-31-33-34-32-26/h8-11,13-16,18,37H,6-7,12,17H2,1-5H3,(H,31,32,33,34)/t18-,28?/m0/s1. The molecule has 0 amide bonds. The molecule has 2 atom stereocenters. The molecule has 0 aliphatic rings. The molecule has 0 spiro atoms. The van der Waals surface area contributed by atoms with Crippen molar-refractivity contribution in [3.63, 3.8) is 0 Å². The Morgan fingerprint density at radius 2 is 1.87 bits per heavy atom. The molecule has 4 rings (SSSR count). The number of aromatic nitrogens is 6. The Hall–Kier alpha value is -3.60. The van der Waals surface area contributed by atoms with Crippen LogP contribution >= 0.6 is 11.6 Å². The first-order chi connectivity index (χ1) is 18.7. The third kappa shape index (κ3) is 5.32. The van der Waals surface area contributed by atoms with E-state index >= 15 is 0 Å². The highest BCUT2D eigenvalue weighted by molar-refractivity contribution is 6.30. The molecule has 0 radical (unpaired) electrons. The molecule has 2 heterocycles. The molecule has 0 aliphatic carbocycles. The van der Waals surface area contributed by atoms with Crippen molar-refractivity contribution < 1.29 is 14.6 Å². The summed E-state index contributed by atoms with van der Waals surface area (Å²) in [5.74, 6) is 0.661. The van der Waals surface area contributed by atoms with E-state index in [4.69, 9.17) is 16.3 Å². The molecule has 4 aromatic rings. The number of nitrogens with one attached hydrogen (secondary N) is 1. The number of likely N-dealkylation sites (N-methyl/N-ethyl adjacent to an activating group) is 1. The molecule has 0 saturated carbocycles. The molecular weight excluding hydrogens is 518 g/mol. The minimum absolute atomic E-state index is 0.173. The summed E-state index contributed by atoms with van der Waals surface area (Å²) in [5.41, 5.74) is 2.69. The van der Waals surface area contributed by atoms with Crippen molar-refractivity contribution in [2.45, 2.75) is 51.3 Å². The number of methoxy groups -OCH3 is 1. The van der Waals surface area contributed by atoms with Crippen LogP contribution in [0.2, 0.25) is 5.15 Å². The van der Waals surface area contributed by atoms with Crippen LogP contribution in [0.1, 0.15) is 43.8 Å². The van der Waals surface area contributed by atoms with Crippen molar-refractivity contribution in [3.8, 4) is 22.5 Å². The molecule has 11 heteroatoms. The zero-order chi connectivity index (χ0) is 28.2. The topological polar surface area (TPSA) is 122 Å². The Bertz CT molecular complexity index is 1390. The minimum Gasteiger partial charge on any atom is -0.467 e. The Balaban J connectivity index is 1.79. The summed E-state index contributed by atoms with van der Waals surface area (Å²) in [6, 6.07) is 16.0. The van der Waals surface area contributed by atoms with E-state index in [1.54, 1.807) is 25.9 Å². The van der Waals surface area contributed by atoms with Crippen molar-refractivity contribution in [2.75, 3.05) is 21.2 Å². The largest absolute Gasteiger partial charge is 0.467 e. The van der Waals surface area contributed by atoms with Crippen LogP contribution in [0.15, 0.2) is 48.5 Å². The van der Waals surface area contributed by atoms with Gasteiger partial charge in [0.15, 0.2) is 10.7 Å². The number of carbonyl (C=O) groups is 1. The lowest BCUT2D eigenvalue weighted by Crippen LogP contribution is -2.57. The maximum atomic E-state index is 13.3. The number of esters is 1. The van der Waals surface area contributed by atoms with E-state index in [2.05, 4.69) is 32.5 Å². The number of aryl methyl sites for hydroxylation is 1. The molecule has 1 unspecified atom stereocenters. The number of carbonyl (C=O) groups excluding carboxylic acids is 1. The van der Waals surface area contributed by atoms with Crippen LogP contribution in [0.4, 0.5) is 0 Å². The Kier molecular flexibility index (Phi) is 8.79. The normalized spacial score (nSPS) is 13.8. The predicted molar refractivity (Wildman–Crippen MR) is 149 cm³/mol.